The number of rotatable bonds is 3. The van der Waals surface area contributed by atoms with E-state index in [2.05, 4.69) is 6.92 Å². The normalized spacial score (nSPS) is 8.71. The van der Waals surface area contributed by atoms with Crippen LogP contribution in [0.2, 0.25) is 0 Å². The van der Waals surface area contributed by atoms with Gasteiger partial charge < -0.3 is 4.79 Å². The molecule has 0 rings (SSSR count). The number of hydrogen-bond donors (Lipinski definition) is 0. The highest BCUT2D eigenvalue weighted by atomic mass is 16.1. The van der Waals surface area contributed by atoms with Crippen LogP contribution in [0.25, 0.3) is 0 Å². The standard InChI is InChI=1S/C6H11O/c1-3-4-5-6(2)7/h1,3-5H2,2H3/q+1. The first-order valence-corrected chi connectivity index (χ1v) is 2.56. The van der Waals surface area contributed by atoms with Gasteiger partial charge in [0, 0.05) is 6.42 Å². The van der Waals surface area contributed by atoms with E-state index in [9.17, 15) is 4.79 Å². The molecule has 0 aliphatic carbocycles. The molecule has 0 aromatic carbocycles. The number of Topliss-reactive ketones (excluding diaryl/α,β-unsaturated/α-hetero) is 1. The average Bonchev–Trinajstić information content (AvgIpc) is 1.61. The van der Waals surface area contributed by atoms with Gasteiger partial charge in [-0.25, -0.2) is 0 Å². The lowest BCUT2D eigenvalue weighted by Crippen LogP contribution is -1.86. The molecule has 0 unspecified atom stereocenters. The van der Waals surface area contributed by atoms with E-state index in [4.69, 9.17) is 0 Å². The first kappa shape index (κ1) is 6.54. The van der Waals surface area contributed by atoms with Gasteiger partial charge in [0.2, 0.25) is 0 Å². The lowest BCUT2D eigenvalue weighted by Gasteiger charge is -1.83. The van der Waals surface area contributed by atoms with Crippen molar-refractivity contribution in [2.24, 2.45) is 0 Å². The summed E-state index contributed by atoms with van der Waals surface area (Å²) >= 11 is 0. The van der Waals surface area contributed by atoms with E-state index in [1.54, 1.807) is 6.92 Å². The first-order valence-electron chi connectivity index (χ1n) is 2.56. The van der Waals surface area contributed by atoms with Crippen LogP contribution in [0.15, 0.2) is 0 Å². The van der Waals surface area contributed by atoms with Gasteiger partial charge in [0.25, 0.3) is 0 Å². The molecule has 0 radical (unpaired) electrons. The summed E-state index contributed by atoms with van der Waals surface area (Å²) in [5.41, 5.74) is 0. The minimum absolute atomic E-state index is 0.267. The zero-order valence-electron chi connectivity index (χ0n) is 4.74. The Morgan fingerprint density at radius 3 is 2.43 bits per heavy atom. The van der Waals surface area contributed by atoms with Crippen molar-refractivity contribution in [1.82, 2.24) is 0 Å². The maximum absolute atomic E-state index is 10.2. The Morgan fingerprint density at radius 1 is 1.71 bits per heavy atom. The minimum Gasteiger partial charge on any atom is -0.300 e. The smallest absolute Gasteiger partial charge is 0.130 e. The lowest BCUT2D eigenvalue weighted by molar-refractivity contribution is -0.117. The zero-order valence-corrected chi connectivity index (χ0v) is 4.74. The van der Waals surface area contributed by atoms with Crippen LogP contribution in [-0.4, -0.2) is 5.78 Å². The topological polar surface area (TPSA) is 17.1 Å². The highest BCUT2D eigenvalue weighted by Gasteiger charge is 1.90. The van der Waals surface area contributed by atoms with Crippen LogP contribution in [0.5, 0.6) is 0 Å². The Bertz CT molecular complexity index is 57.2. The number of hydrogen-bond acceptors (Lipinski definition) is 1. The summed E-state index contributed by atoms with van der Waals surface area (Å²) in [6.45, 7) is 5.21. The van der Waals surface area contributed by atoms with Gasteiger partial charge in [0.15, 0.2) is 0 Å². The molecule has 40 valence electrons. The van der Waals surface area contributed by atoms with Crippen LogP contribution in [0, 0.1) is 6.92 Å². The second-order valence-electron chi connectivity index (χ2n) is 1.66. The van der Waals surface area contributed by atoms with Crippen molar-refractivity contribution in [3.63, 3.8) is 0 Å². The summed E-state index contributed by atoms with van der Waals surface area (Å²) < 4.78 is 0. The van der Waals surface area contributed by atoms with Crippen LogP contribution < -0.4 is 0 Å². The predicted octanol–water partition coefficient (Wildman–Crippen LogP) is 1.58. The van der Waals surface area contributed by atoms with Gasteiger partial charge >= 0.3 is 0 Å². The molecule has 0 saturated heterocycles. The summed E-state index contributed by atoms with van der Waals surface area (Å²) in [6.07, 6.45) is 2.51. The summed E-state index contributed by atoms with van der Waals surface area (Å²) in [5.74, 6) is 0.267. The molecule has 0 amide bonds. The molecule has 0 saturated carbocycles. The molecule has 0 N–H and O–H groups in total. The maximum atomic E-state index is 10.2. The molecule has 0 aromatic heterocycles. The van der Waals surface area contributed by atoms with Gasteiger partial charge in [-0.05, 0) is 13.3 Å². The third kappa shape index (κ3) is 5.54. The molecule has 0 bridgehead atoms. The number of unbranched alkanes of at least 4 members (excludes halogenated alkanes) is 1. The molecule has 0 heterocycles. The Kier molecular flexibility index (Phi) is 3.48. The molecule has 0 aliphatic heterocycles. The van der Waals surface area contributed by atoms with Crippen molar-refractivity contribution in [3.05, 3.63) is 6.92 Å². The molecule has 0 spiro atoms. The second-order valence-corrected chi connectivity index (χ2v) is 1.66. The molecular formula is C6H11O+. The molecule has 0 aliphatic rings. The number of carbonyl (C=O) groups excluding carboxylic acids is 1. The first-order chi connectivity index (χ1) is 3.27. The van der Waals surface area contributed by atoms with E-state index in [0.29, 0.717) is 6.42 Å². The number of carbonyl (C=O) groups is 1. The highest BCUT2D eigenvalue weighted by Crippen LogP contribution is 1.92. The van der Waals surface area contributed by atoms with Gasteiger partial charge in [-0.1, -0.05) is 0 Å². The van der Waals surface area contributed by atoms with E-state index < -0.39 is 0 Å². The van der Waals surface area contributed by atoms with E-state index >= 15 is 0 Å². The van der Waals surface area contributed by atoms with E-state index in [0.717, 1.165) is 12.8 Å². The minimum atomic E-state index is 0.267. The average molecular weight is 99.2 g/mol. The van der Waals surface area contributed by atoms with Crippen molar-refractivity contribution >= 4 is 5.78 Å². The molecule has 7 heavy (non-hydrogen) atoms. The van der Waals surface area contributed by atoms with Crippen molar-refractivity contribution in [1.29, 1.82) is 0 Å². The Labute approximate surface area is 44.7 Å². The van der Waals surface area contributed by atoms with Gasteiger partial charge in [-0.2, -0.15) is 0 Å². The molecule has 0 fully saturated rings. The third-order valence-corrected chi connectivity index (χ3v) is 0.779. The van der Waals surface area contributed by atoms with E-state index in [1.807, 2.05) is 0 Å². The Morgan fingerprint density at radius 2 is 2.29 bits per heavy atom. The van der Waals surface area contributed by atoms with Crippen LogP contribution >= 0.6 is 0 Å². The summed E-state index contributed by atoms with van der Waals surface area (Å²) in [4.78, 5) is 10.2. The summed E-state index contributed by atoms with van der Waals surface area (Å²) in [6, 6.07) is 0. The van der Waals surface area contributed by atoms with Gasteiger partial charge in [0.05, 0.1) is 13.3 Å². The Balaban J connectivity index is 2.82. The van der Waals surface area contributed by atoms with Gasteiger partial charge in [0.1, 0.15) is 5.78 Å². The van der Waals surface area contributed by atoms with E-state index in [-0.39, 0.29) is 5.78 Å². The van der Waals surface area contributed by atoms with Gasteiger partial charge in [-0.3, -0.25) is 0 Å². The van der Waals surface area contributed by atoms with Crippen LogP contribution in [0.3, 0.4) is 0 Å². The predicted molar refractivity (Wildman–Crippen MR) is 29.9 cm³/mol. The van der Waals surface area contributed by atoms with E-state index in [1.165, 1.54) is 0 Å². The fraction of sp³-hybridized carbons (Fsp3) is 0.667. The van der Waals surface area contributed by atoms with Crippen molar-refractivity contribution in [2.45, 2.75) is 26.2 Å². The SMILES string of the molecule is [CH2+]CCCC(C)=O. The van der Waals surface area contributed by atoms with Crippen molar-refractivity contribution < 1.29 is 4.79 Å². The molecule has 1 nitrogen and oxygen atoms in total. The third-order valence-electron chi connectivity index (χ3n) is 0.779. The maximum Gasteiger partial charge on any atom is 0.130 e. The lowest BCUT2D eigenvalue weighted by atomic mass is 10.2. The molecular weight excluding hydrogens is 88.1 g/mol. The van der Waals surface area contributed by atoms with Crippen molar-refractivity contribution in [3.8, 4) is 0 Å². The zero-order chi connectivity index (χ0) is 5.70. The summed E-state index contributed by atoms with van der Waals surface area (Å²) in [5, 5.41) is 0. The van der Waals surface area contributed by atoms with Crippen LogP contribution in [-0.2, 0) is 4.79 Å². The van der Waals surface area contributed by atoms with Crippen LogP contribution in [0.1, 0.15) is 26.2 Å². The van der Waals surface area contributed by atoms with Gasteiger partial charge in [-0.15, -0.1) is 0 Å². The molecule has 1 heteroatoms. The second kappa shape index (κ2) is 3.72. The quantitative estimate of drug-likeness (QED) is 0.491. The van der Waals surface area contributed by atoms with Crippen LogP contribution in [0.4, 0.5) is 0 Å². The fourth-order valence-electron chi connectivity index (χ4n) is 0.374. The van der Waals surface area contributed by atoms with Crippen molar-refractivity contribution in [2.75, 3.05) is 0 Å². The monoisotopic (exact) mass is 99.1 g/mol. The fourth-order valence-corrected chi connectivity index (χ4v) is 0.374. The molecule has 0 aromatic rings. The molecule has 0 atom stereocenters. The number of ketones is 1. The largest absolute Gasteiger partial charge is 0.300 e. The summed E-state index contributed by atoms with van der Waals surface area (Å²) in [7, 11) is 0. The Hall–Kier alpha value is -0.460. The highest BCUT2D eigenvalue weighted by molar-refractivity contribution is 5.75.